The molecule has 6 N–H and O–H groups in total. The Kier molecular flexibility index (Phi) is 4.88. The number of aromatic amines is 1. The van der Waals surface area contributed by atoms with Crippen LogP contribution in [0.25, 0.3) is 16.7 Å². The van der Waals surface area contributed by atoms with Crippen molar-refractivity contribution in [1.82, 2.24) is 29.7 Å². The highest BCUT2D eigenvalue weighted by Gasteiger charge is 2.23. The van der Waals surface area contributed by atoms with E-state index in [0.717, 1.165) is 6.07 Å². The lowest BCUT2D eigenvalue weighted by atomic mass is 10.2. The first kappa shape index (κ1) is 20.0. The van der Waals surface area contributed by atoms with Crippen LogP contribution < -0.4 is 22.3 Å². The van der Waals surface area contributed by atoms with Gasteiger partial charge >= 0.3 is 0 Å². The molecule has 0 spiro atoms. The quantitative estimate of drug-likeness (QED) is 0.368. The second kappa shape index (κ2) is 7.54. The van der Waals surface area contributed by atoms with Crippen LogP contribution in [0.2, 0.25) is 5.02 Å². The molecule has 0 saturated heterocycles. The maximum atomic E-state index is 14.0. The predicted octanol–water partition coefficient (Wildman–Crippen LogP) is 1.90. The van der Waals surface area contributed by atoms with E-state index in [2.05, 4.69) is 30.5 Å². The molecule has 0 saturated carbocycles. The largest absolute Gasteiger partial charge is 0.382 e. The SMILES string of the molecule is CC(Nc1nc(N)nc(N)c1C#N)c1nc2ccc(F)c(Cl)c2c(=O)n1-c1ccn[nH]1. The molecule has 3 heterocycles. The summed E-state index contributed by atoms with van der Waals surface area (Å²) in [5.41, 5.74) is 11.0. The van der Waals surface area contributed by atoms with Gasteiger partial charge in [-0.05, 0) is 19.1 Å². The number of H-pyrrole nitrogens is 1. The smallest absolute Gasteiger partial charge is 0.268 e. The van der Waals surface area contributed by atoms with Crippen molar-refractivity contribution in [3.63, 3.8) is 0 Å². The van der Waals surface area contributed by atoms with Gasteiger partial charge in [-0.15, -0.1) is 0 Å². The number of nitrogens with zero attached hydrogens (tertiary/aromatic N) is 6. The number of halogens is 2. The number of aromatic nitrogens is 6. The number of hydrogen-bond acceptors (Lipinski definition) is 9. The molecule has 0 aliphatic carbocycles. The lowest BCUT2D eigenvalue weighted by Gasteiger charge is -2.20. The summed E-state index contributed by atoms with van der Waals surface area (Å²) >= 11 is 6.05. The van der Waals surface area contributed by atoms with Crippen LogP contribution in [-0.2, 0) is 0 Å². The maximum Gasteiger partial charge on any atom is 0.268 e. The van der Waals surface area contributed by atoms with Crippen LogP contribution >= 0.6 is 11.6 Å². The van der Waals surface area contributed by atoms with Gasteiger partial charge in [-0.25, -0.2) is 13.9 Å². The van der Waals surface area contributed by atoms with E-state index in [-0.39, 0.29) is 50.7 Å². The van der Waals surface area contributed by atoms with Gasteiger partial charge in [0, 0.05) is 6.07 Å². The van der Waals surface area contributed by atoms with E-state index in [9.17, 15) is 14.4 Å². The van der Waals surface area contributed by atoms with Crippen LogP contribution in [0.5, 0.6) is 0 Å². The molecule has 156 valence electrons. The Morgan fingerprint density at radius 2 is 2.06 bits per heavy atom. The van der Waals surface area contributed by atoms with Crippen molar-refractivity contribution in [1.29, 1.82) is 5.26 Å². The minimum atomic E-state index is -0.742. The molecule has 1 unspecified atom stereocenters. The van der Waals surface area contributed by atoms with Crippen molar-refractivity contribution >= 4 is 40.1 Å². The Morgan fingerprint density at radius 1 is 1.29 bits per heavy atom. The highest BCUT2D eigenvalue weighted by atomic mass is 35.5. The Balaban J connectivity index is 1.94. The van der Waals surface area contributed by atoms with Gasteiger partial charge in [0.1, 0.15) is 34.9 Å². The lowest BCUT2D eigenvalue weighted by molar-refractivity contribution is 0.629. The molecular weight excluding hydrogens is 427 g/mol. The molecule has 4 rings (SSSR count). The molecule has 0 radical (unpaired) electrons. The number of anilines is 3. The number of nitrogens with one attached hydrogen (secondary N) is 2. The standard InChI is InChI=1S/C18H14ClFN10O/c1-7(25-15-8(6-21)14(22)27-18(23)28-15)16-26-10-3-2-9(20)13(19)12(10)17(31)30(16)11-4-5-24-29-11/h2-5,7H,1H3,(H,24,29)(H5,22,23,25,27,28). The normalized spacial score (nSPS) is 11.9. The molecule has 3 aromatic heterocycles. The Hall–Kier alpha value is -4.24. The minimum Gasteiger partial charge on any atom is -0.382 e. The second-order valence-corrected chi connectivity index (χ2v) is 6.85. The van der Waals surface area contributed by atoms with Crippen LogP contribution in [0, 0.1) is 17.1 Å². The zero-order valence-electron chi connectivity index (χ0n) is 15.9. The summed E-state index contributed by atoms with van der Waals surface area (Å²) < 4.78 is 15.2. The third-order valence-electron chi connectivity index (χ3n) is 4.49. The molecule has 0 aliphatic heterocycles. The zero-order valence-corrected chi connectivity index (χ0v) is 16.6. The zero-order chi connectivity index (χ0) is 22.3. The summed E-state index contributed by atoms with van der Waals surface area (Å²) in [4.78, 5) is 25.6. The second-order valence-electron chi connectivity index (χ2n) is 6.48. The topological polar surface area (TPSA) is 177 Å². The first-order chi connectivity index (χ1) is 14.8. The number of hydrogen-bond donors (Lipinski definition) is 4. The third-order valence-corrected chi connectivity index (χ3v) is 4.86. The van der Waals surface area contributed by atoms with Crippen molar-refractivity contribution in [3.05, 3.63) is 57.0 Å². The number of nitriles is 1. The molecule has 13 heteroatoms. The summed E-state index contributed by atoms with van der Waals surface area (Å²) in [5.74, 6) is -0.402. The average Bonchev–Trinajstić information content (AvgIpc) is 3.24. The fourth-order valence-electron chi connectivity index (χ4n) is 3.10. The number of nitrogen functional groups attached to an aromatic ring is 2. The summed E-state index contributed by atoms with van der Waals surface area (Å²) in [6.07, 6.45) is 1.45. The van der Waals surface area contributed by atoms with Crippen LogP contribution in [0.4, 0.5) is 22.0 Å². The van der Waals surface area contributed by atoms with E-state index in [0.29, 0.717) is 0 Å². The molecule has 0 bridgehead atoms. The number of benzene rings is 1. The molecular formula is C18H14ClFN10O. The molecule has 4 aromatic rings. The van der Waals surface area contributed by atoms with Crippen LogP contribution in [-0.4, -0.2) is 29.7 Å². The molecule has 1 aromatic carbocycles. The van der Waals surface area contributed by atoms with Crippen LogP contribution in [0.3, 0.4) is 0 Å². The third kappa shape index (κ3) is 3.36. The van der Waals surface area contributed by atoms with Crippen molar-refractivity contribution in [3.8, 4) is 11.9 Å². The van der Waals surface area contributed by atoms with Gasteiger partial charge in [-0.3, -0.25) is 9.89 Å². The van der Waals surface area contributed by atoms with E-state index < -0.39 is 17.4 Å². The van der Waals surface area contributed by atoms with Gasteiger partial charge < -0.3 is 16.8 Å². The van der Waals surface area contributed by atoms with E-state index in [1.54, 1.807) is 13.0 Å². The summed E-state index contributed by atoms with van der Waals surface area (Å²) in [6, 6.07) is 5.24. The van der Waals surface area contributed by atoms with Crippen LogP contribution in [0.1, 0.15) is 24.4 Å². The van der Waals surface area contributed by atoms with E-state index in [4.69, 9.17) is 23.1 Å². The monoisotopic (exact) mass is 440 g/mol. The minimum absolute atomic E-state index is 0.0117. The summed E-state index contributed by atoms with van der Waals surface area (Å²) in [7, 11) is 0. The van der Waals surface area contributed by atoms with Gasteiger partial charge in [-0.1, -0.05) is 11.6 Å². The van der Waals surface area contributed by atoms with E-state index >= 15 is 0 Å². The Morgan fingerprint density at radius 3 is 2.74 bits per heavy atom. The Bertz CT molecular complexity index is 1410. The lowest BCUT2D eigenvalue weighted by Crippen LogP contribution is -2.28. The van der Waals surface area contributed by atoms with Crippen molar-refractivity contribution in [2.45, 2.75) is 13.0 Å². The van der Waals surface area contributed by atoms with Gasteiger partial charge in [0.25, 0.3) is 5.56 Å². The van der Waals surface area contributed by atoms with Crippen molar-refractivity contribution in [2.24, 2.45) is 0 Å². The Labute approximate surface area is 178 Å². The highest BCUT2D eigenvalue weighted by molar-refractivity contribution is 6.35. The van der Waals surface area contributed by atoms with Crippen molar-refractivity contribution in [2.75, 3.05) is 16.8 Å². The van der Waals surface area contributed by atoms with Gasteiger partial charge in [0.15, 0.2) is 5.82 Å². The van der Waals surface area contributed by atoms with Gasteiger partial charge in [0.05, 0.1) is 28.2 Å². The fraction of sp³-hybridized carbons (Fsp3) is 0.111. The molecule has 1 atom stereocenters. The van der Waals surface area contributed by atoms with Gasteiger partial charge in [-0.2, -0.15) is 20.3 Å². The first-order valence-electron chi connectivity index (χ1n) is 8.81. The maximum absolute atomic E-state index is 14.0. The molecule has 11 nitrogen and oxygen atoms in total. The number of fused-ring (bicyclic) bond motifs is 1. The van der Waals surface area contributed by atoms with Crippen molar-refractivity contribution < 1.29 is 4.39 Å². The van der Waals surface area contributed by atoms with E-state index in [1.807, 2.05) is 6.07 Å². The number of nitrogens with two attached hydrogens (primary N) is 2. The highest BCUT2D eigenvalue weighted by Crippen LogP contribution is 2.27. The number of rotatable bonds is 4. The van der Waals surface area contributed by atoms with E-state index in [1.165, 1.54) is 16.8 Å². The molecule has 0 fully saturated rings. The average molecular weight is 441 g/mol. The predicted molar refractivity (Wildman–Crippen MR) is 112 cm³/mol. The molecule has 0 aliphatic rings. The first-order valence-corrected chi connectivity index (χ1v) is 9.19. The fourth-order valence-corrected chi connectivity index (χ4v) is 3.34. The summed E-state index contributed by atoms with van der Waals surface area (Å²) in [6.45, 7) is 1.68. The van der Waals surface area contributed by atoms with Crippen LogP contribution in [0.15, 0.2) is 29.2 Å². The summed E-state index contributed by atoms with van der Waals surface area (Å²) in [5, 5.41) is 18.5. The molecule has 31 heavy (non-hydrogen) atoms. The molecule has 0 amide bonds. The van der Waals surface area contributed by atoms with Gasteiger partial charge in [0.2, 0.25) is 5.95 Å².